The lowest BCUT2D eigenvalue weighted by Gasteiger charge is -2.16. The molecule has 1 saturated heterocycles. The average molecular weight is 479 g/mol. The lowest BCUT2D eigenvalue weighted by atomic mass is 10.2. The number of aromatic nitrogens is 2. The zero-order chi connectivity index (χ0) is 23.8. The van der Waals surface area contributed by atoms with Gasteiger partial charge in [0.1, 0.15) is 11.7 Å². The molecule has 0 unspecified atom stereocenters. The van der Waals surface area contributed by atoms with Crippen LogP contribution in [0.25, 0.3) is 0 Å². The quantitative estimate of drug-likeness (QED) is 0.445. The molecule has 33 heavy (non-hydrogen) atoms. The molecule has 0 saturated carbocycles. The Labute approximate surface area is 196 Å². The number of likely N-dealkylation sites (tertiary alicyclic amines) is 1. The molecule has 2 heterocycles. The molecule has 0 atom stereocenters. The molecule has 3 rings (SSSR count). The minimum absolute atomic E-state index is 0.256. The number of benzene rings is 1. The maximum atomic E-state index is 12.0. The van der Waals surface area contributed by atoms with Crippen molar-refractivity contribution in [1.29, 1.82) is 0 Å². The highest BCUT2D eigenvalue weighted by atomic mass is 32.2. The summed E-state index contributed by atoms with van der Waals surface area (Å²) in [5, 5.41) is 6.02. The van der Waals surface area contributed by atoms with Gasteiger partial charge >= 0.3 is 0 Å². The van der Waals surface area contributed by atoms with Crippen LogP contribution in [-0.4, -0.2) is 80.9 Å². The molecule has 0 amide bonds. The first-order chi connectivity index (χ1) is 15.8. The van der Waals surface area contributed by atoms with Crippen LogP contribution in [0.1, 0.15) is 25.0 Å². The van der Waals surface area contributed by atoms with Gasteiger partial charge in [0.15, 0.2) is 11.5 Å². The minimum atomic E-state index is -3.40. The normalized spacial score (nSPS) is 14.5. The second-order valence-corrected chi connectivity index (χ2v) is 10.4. The molecule has 2 aromatic rings. The Kier molecular flexibility index (Phi) is 8.70. The largest absolute Gasteiger partial charge is 0.493 e. The Bertz CT molecular complexity index is 1030. The maximum Gasteiger partial charge on any atom is 0.231 e. The molecular formula is C22H34N6O4S. The zero-order valence-electron chi connectivity index (χ0n) is 19.8. The Morgan fingerprint density at radius 1 is 1.12 bits per heavy atom. The van der Waals surface area contributed by atoms with E-state index >= 15 is 0 Å². The standard InChI is InChI=1S/C22H34N6O4S/c1-17-14-21(23-16-33(29,30)27(2)3)26-22(24-17)25-18-8-9-19(31-4)20(15-18)32-13-7-12-28-10-5-6-11-28/h8-9,14-15H,5-7,10-13,16H2,1-4H3,(H2,23,24,25,26). The van der Waals surface area contributed by atoms with Gasteiger partial charge in [0.2, 0.25) is 16.0 Å². The van der Waals surface area contributed by atoms with Crippen LogP contribution in [0.15, 0.2) is 24.3 Å². The number of ether oxygens (including phenoxy) is 2. The topological polar surface area (TPSA) is 109 Å². The molecule has 0 bridgehead atoms. The summed E-state index contributed by atoms with van der Waals surface area (Å²) < 4.78 is 36.6. The van der Waals surface area contributed by atoms with Crippen molar-refractivity contribution in [2.75, 3.05) is 64.0 Å². The van der Waals surface area contributed by atoms with E-state index in [1.54, 1.807) is 13.2 Å². The molecule has 0 radical (unpaired) electrons. The Morgan fingerprint density at radius 3 is 2.58 bits per heavy atom. The number of anilines is 3. The van der Waals surface area contributed by atoms with E-state index in [1.807, 2.05) is 25.1 Å². The molecule has 1 aromatic heterocycles. The summed E-state index contributed by atoms with van der Waals surface area (Å²) in [5.74, 6) is 1.82. The van der Waals surface area contributed by atoms with Gasteiger partial charge in [-0.15, -0.1) is 0 Å². The fourth-order valence-electron chi connectivity index (χ4n) is 3.48. The number of nitrogens with one attached hydrogen (secondary N) is 2. The van der Waals surface area contributed by atoms with Crippen LogP contribution in [0, 0.1) is 6.92 Å². The molecule has 1 aromatic carbocycles. The first-order valence-electron chi connectivity index (χ1n) is 11.1. The number of rotatable bonds is 12. The van der Waals surface area contributed by atoms with Crippen molar-refractivity contribution < 1.29 is 17.9 Å². The Balaban J connectivity index is 1.64. The van der Waals surface area contributed by atoms with Gasteiger partial charge in [0.05, 0.1) is 13.7 Å². The highest BCUT2D eigenvalue weighted by Crippen LogP contribution is 2.31. The predicted octanol–water partition coefficient (Wildman–Crippen LogP) is 2.66. The molecule has 0 spiro atoms. The van der Waals surface area contributed by atoms with Gasteiger partial charge in [-0.05, 0) is 51.4 Å². The van der Waals surface area contributed by atoms with E-state index < -0.39 is 10.0 Å². The van der Waals surface area contributed by atoms with Gasteiger partial charge in [-0.25, -0.2) is 17.7 Å². The van der Waals surface area contributed by atoms with E-state index in [0.29, 0.717) is 35.6 Å². The van der Waals surface area contributed by atoms with Gasteiger partial charge < -0.3 is 25.0 Å². The SMILES string of the molecule is COc1ccc(Nc2nc(C)cc(NCS(=O)(=O)N(C)C)n2)cc1OCCCN1CCCC1. The summed E-state index contributed by atoms with van der Waals surface area (Å²) in [6.45, 7) is 5.82. The van der Waals surface area contributed by atoms with Gasteiger partial charge in [0, 0.05) is 44.2 Å². The first kappa shape index (κ1) is 25.0. The summed E-state index contributed by atoms with van der Waals surface area (Å²) in [6.07, 6.45) is 3.52. The van der Waals surface area contributed by atoms with Crippen molar-refractivity contribution in [3.8, 4) is 11.5 Å². The van der Waals surface area contributed by atoms with Crippen LogP contribution in [-0.2, 0) is 10.0 Å². The van der Waals surface area contributed by atoms with Gasteiger partial charge in [-0.3, -0.25) is 0 Å². The molecule has 1 fully saturated rings. The smallest absolute Gasteiger partial charge is 0.231 e. The van der Waals surface area contributed by atoms with Crippen LogP contribution in [0.4, 0.5) is 17.5 Å². The number of aryl methyl sites for hydroxylation is 1. The molecule has 1 aliphatic heterocycles. The van der Waals surface area contributed by atoms with Crippen LogP contribution >= 0.6 is 0 Å². The van der Waals surface area contributed by atoms with Crippen LogP contribution < -0.4 is 20.1 Å². The van der Waals surface area contributed by atoms with Crippen molar-refractivity contribution in [3.63, 3.8) is 0 Å². The van der Waals surface area contributed by atoms with Crippen LogP contribution in [0.5, 0.6) is 11.5 Å². The average Bonchev–Trinajstić information content (AvgIpc) is 3.29. The number of hydrogen-bond acceptors (Lipinski definition) is 9. The summed E-state index contributed by atoms with van der Waals surface area (Å²) in [7, 11) is 1.19. The summed E-state index contributed by atoms with van der Waals surface area (Å²) in [5.41, 5.74) is 1.44. The molecule has 0 aliphatic carbocycles. The molecule has 2 N–H and O–H groups in total. The fraction of sp³-hybridized carbons (Fsp3) is 0.545. The third-order valence-corrected chi connectivity index (χ3v) is 6.96. The fourth-order valence-corrected chi connectivity index (χ4v) is 4.07. The zero-order valence-corrected chi connectivity index (χ0v) is 20.6. The number of nitrogens with zero attached hydrogens (tertiary/aromatic N) is 4. The van der Waals surface area contributed by atoms with E-state index in [1.165, 1.54) is 40.0 Å². The van der Waals surface area contributed by atoms with E-state index in [2.05, 4.69) is 25.5 Å². The molecule has 182 valence electrons. The third kappa shape index (κ3) is 7.44. The number of methoxy groups -OCH3 is 1. The molecule has 11 heteroatoms. The van der Waals surface area contributed by atoms with Crippen LogP contribution in [0.3, 0.4) is 0 Å². The minimum Gasteiger partial charge on any atom is -0.493 e. The third-order valence-electron chi connectivity index (χ3n) is 5.34. The molecule has 10 nitrogen and oxygen atoms in total. The lowest BCUT2D eigenvalue weighted by molar-refractivity contribution is 0.254. The summed E-state index contributed by atoms with van der Waals surface area (Å²) >= 11 is 0. The van der Waals surface area contributed by atoms with Crippen LogP contribution in [0.2, 0.25) is 0 Å². The molecular weight excluding hydrogens is 444 g/mol. The number of hydrogen-bond donors (Lipinski definition) is 2. The second kappa shape index (κ2) is 11.5. The maximum absolute atomic E-state index is 12.0. The summed E-state index contributed by atoms with van der Waals surface area (Å²) in [4.78, 5) is 11.3. The van der Waals surface area contributed by atoms with E-state index in [0.717, 1.165) is 23.0 Å². The Hall–Kier alpha value is -2.63. The van der Waals surface area contributed by atoms with Crippen molar-refractivity contribution in [1.82, 2.24) is 19.2 Å². The van der Waals surface area contributed by atoms with E-state index in [9.17, 15) is 8.42 Å². The van der Waals surface area contributed by atoms with Crippen molar-refractivity contribution in [3.05, 3.63) is 30.0 Å². The van der Waals surface area contributed by atoms with Gasteiger partial charge in [0.25, 0.3) is 0 Å². The first-order valence-corrected chi connectivity index (χ1v) is 12.7. The number of sulfonamides is 1. The van der Waals surface area contributed by atoms with Crippen molar-refractivity contribution in [2.24, 2.45) is 0 Å². The second-order valence-electron chi connectivity index (χ2n) is 8.17. The monoisotopic (exact) mass is 478 g/mol. The van der Waals surface area contributed by atoms with Gasteiger partial charge in [-0.2, -0.15) is 4.98 Å². The lowest BCUT2D eigenvalue weighted by Crippen LogP contribution is -2.28. The van der Waals surface area contributed by atoms with E-state index in [4.69, 9.17) is 9.47 Å². The molecule has 1 aliphatic rings. The highest BCUT2D eigenvalue weighted by Gasteiger charge is 2.15. The van der Waals surface area contributed by atoms with Crippen molar-refractivity contribution in [2.45, 2.75) is 26.2 Å². The predicted molar refractivity (Wildman–Crippen MR) is 130 cm³/mol. The highest BCUT2D eigenvalue weighted by molar-refractivity contribution is 7.89. The van der Waals surface area contributed by atoms with E-state index in [-0.39, 0.29) is 5.88 Å². The van der Waals surface area contributed by atoms with Crippen molar-refractivity contribution >= 4 is 27.5 Å². The van der Waals surface area contributed by atoms with Gasteiger partial charge in [-0.1, -0.05) is 0 Å². The Morgan fingerprint density at radius 2 is 1.88 bits per heavy atom. The summed E-state index contributed by atoms with van der Waals surface area (Å²) in [6, 6.07) is 7.23.